The van der Waals surface area contributed by atoms with Crippen molar-refractivity contribution in [3.05, 3.63) is 28.0 Å². The van der Waals surface area contributed by atoms with E-state index >= 15 is 0 Å². The van der Waals surface area contributed by atoms with Crippen molar-refractivity contribution in [1.29, 1.82) is 0 Å². The average molecular weight is 364 g/mol. The molecule has 0 unspecified atom stereocenters. The molecule has 7 heteroatoms. The molecule has 0 saturated heterocycles. The Morgan fingerprint density at radius 3 is 2.80 bits per heavy atom. The summed E-state index contributed by atoms with van der Waals surface area (Å²) in [5.41, 5.74) is 1.06. The first-order valence-electron chi connectivity index (χ1n) is 6.24. The van der Waals surface area contributed by atoms with Crippen LogP contribution in [0.4, 0.5) is 10.1 Å². The highest BCUT2D eigenvalue weighted by Crippen LogP contribution is 2.33. The molecule has 1 aliphatic heterocycles. The van der Waals surface area contributed by atoms with Gasteiger partial charge in [-0.3, -0.25) is 4.79 Å². The smallest absolute Gasteiger partial charge is 0.228 e. The third kappa shape index (κ3) is 3.58. The van der Waals surface area contributed by atoms with Crippen molar-refractivity contribution in [3.8, 4) is 0 Å². The number of fused-ring (bicyclic) bond motifs is 1. The Labute approximate surface area is 126 Å². The van der Waals surface area contributed by atoms with Crippen LogP contribution >= 0.6 is 15.9 Å². The van der Waals surface area contributed by atoms with Crippen LogP contribution in [0.15, 0.2) is 16.6 Å². The molecule has 4 nitrogen and oxygen atoms in total. The van der Waals surface area contributed by atoms with Crippen LogP contribution in [0.3, 0.4) is 0 Å². The molecule has 110 valence electrons. The molecule has 0 bridgehead atoms. The molecule has 1 aromatic rings. The quantitative estimate of drug-likeness (QED) is 0.827. The molecule has 0 aliphatic carbocycles. The van der Waals surface area contributed by atoms with Crippen LogP contribution in [0.25, 0.3) is 0 Å². The number of hydrogen-bond donors (Lipinski definition) is 0. The van der Waals surface area contributed by atoms with Gasteiger partial charge < -0.3 is 4.90 Å². The Bertz CT molecular complexity index is 645. The second-order valence-electron chi connectivity index (χ2n) is 4.92. The molecule has 0 atom stereocenters. The first kappa shape index (κ1) is 15.4. The minimum absolute atomic E-state index is 0.117. The van der Waals surface area contributed by atoms with Gasteiger partial charge in [0.15, 0.2) is 0 Å². The number of aryl methyl sites for hydroxylation is 1. The Morgan fingerprint density at radius 1 is 1.45 bits per heavy atom. The minimum atomic E-state index is -3.20. The van der Waals surface area contributed by atoms with E-state index in [0.717, 1.165) is 18.2 Å². The van der Waals surface area contributed by atoms with Gasteiger partial charge in [-0.1, -0.05) is 15.9 Å². The summed E-state index contributed by atoms with van der Waals surface area (Å²) in [6, 6.07) is 3.12. The van der Waals surface area contributed by atoms with E-state index in [1.165, 1.54) is 11.0 Å². The van der Waals surface area contributed by atoms with Gasteiger partial charge >= 0.3 is 0 Å². The van der Waals surface area contributed by atoms with E-state index in [2.05, 4.69) is 15.9 Å². The zero-order chi connectivity index (χ0) is 14.9. The number of sulfone groups is 1. The number of amides is 1. The molecule has 2 rings (SSSR count). The van der Waals surface area contributed by atoms with Gasteiger partial charge in [-0.2, -0.15) is 0 Å². The van der Waals surface area contributed by atoms with E-state index in [9.17, 15) is 17.6 Å². The minimum Gasteiger partial charge on any atom is -0.309 e. The average Bonchev–Trinajstić information content (AvgIpc) is 2.33. The number of halogens is 2. The van der Waals surface area contributed by atoms with Gasteiger partial charge in [0, 0.05) is 23.7 Å². The van der Waals surface area contributed by atoms with Crippen molar-refractivity contribution in [1.82, 2.24) is 0 Å². The first-order chi connectivity index (χ1) is 9.28. The molecule has 0 spiro atoms. The molecule has 20 heavy (non-hydrogen) atoms. The lowest BCUT2D eigenvalue weighted by Crippen LogP contribution is -2.37. The molecular weight excluding hydrogens is 349 g/mol. The molecule has 1 amide bonds. The number of nitrogens with zero attached hydrogens (tertiary/aromatic N) is 1. The monoisotopic (exact) mass is 363 g/mol. The van der Waals surface area contributed by atoms with E-state index in [1.54, 1.807) is 6.07 Å². The third-order valence-electron chi connectivity index (χ3n) is 3.19. The Kier molecular flexibility index (Phi) is 4.49. The lowest BCUT2D eigenvalue weighted by molar-refractivity contribution is -0.118. The summed E-state index contributed by atoms with van der Waals surface area (Å²) in [6.45, 7) is 0.425. The van der Waals surface area contributed by atoms with Crippen molar-refractivity contribution in [2.45, 2.75) is 19.3 Å². The molecule has 0 radical (unpaired) electrons. The zero-order valence-corrected chi connectivity index (χ0v) is 13.4. The fourth-order valence-corrected chi connectivity index (χ4v) is 3.33. The summed E-state index contributed by atoms with van der Waals surface area (Å²) in [5, 5.41) is 0. The zero-order valence-electron chi connectivity index (χ0n) is 11.0. The Hall–Kier alpha value is -0.950. The van der Waals surface area contributed by atoms with Gasteiger partial charge in [0.25, 0.3) is 0 Å². The van der Waals surface area contributed by atoms with E-state index in [1.807, 2.05) is 0 Å². The van der Waals surface area contributed by atoms with Crippen LogP contribution in [0, 0.1) is 5.82 Å². The normalized spacial score (nSPS) is 15.1. The van der Waals surface area contributed by atoms with Gasteiger partial charge in [0.1, 0.15) is 15.7 Å². The molecule has 0 aromatic heterocycles. The summed E-state index contributed by atoms with van der Waals surface area (Å²) in [4.78, 5) is 13.5. The SMILES string of the molecule is CS(=O)(=O)CCC(=O)N1CCCc2cc(Br)cc(F)c21. The molecule has 0 fully saturated rings. The number of carbonyl (C=O) groups is 1. The van der Waals surface area contributed by atoms with E-state index in [0.29, 0.717) is 17.4 Å². The third-order valence-corrected chi connectivity index (χ3v) is 4.60. The van der Waals surface area contributed by atoms with Crippen molar-refractivity contribution in [3.63, 3.8) is 0 Å². The van der Waals surface area contributed by atoms with Gasteiger partial charge in [0.2, 0.25) is 5.91 Å². The van der Waals surface area contributed by atoms with Crippen LogP contribution in [0.1, 0.15) is 18.4 Å². The standard InChI is InChI=1S/C13H15BrFNO3S/c1-20(18,19)6-4-12(17)16-5-2-3-9-7-10(14)8-11(15)13(9)16/h7-8H,2-6H2,1H3. The van der Waals surface area contributed by atoms with Crippen LogP contribution in [-0.4, -0.2) is 32.9 Å². The van der Waals surface area contributed by atoms with Crippen LogP contribution in [0.5, 0.6) is 0 Å². The second-order valence-corrected chi connectivity index (χ2v) is 8.10. The highest BCUT2D eigenvalue weighted by molar-refractivity contribution is 9.10. The van der Waals surface area contributed by atoms with Crippen LogP contribution in [-0.2, 0) is 21.1 Å². The molecule has 1 aliphatic rings. The fourth-order valence-electron chi connectivity index (χ4n) is 2.31. The van der Waals surface area contributed by atoms with E-state index in [4.69, 9.17) is 0 Å². The van der Waals surface area contributed by atoms with Crippen molar-refractivity contribution in [2.24, 2.45) is 0 Å². The summed E-state index contributed by atoms with van der Waals surface area (Å²) in [5.74, 6) is -1.02. The van der Waals surface area contributed by atoms with Crippen molar-refractivity contribution in [2.75, 3.05) is 23.5 Å². The number of rotatable bonds is 3. The summed E-state index contributed by atoms with van der Waals surface area (Å²) in [7, 11) is -3.20. The molecular formula is C13H15BrFNO3S. The topological polar surface area (TPSA) is 54.5 Å². The van der Waals surface area contributed by atoms with E-state index in [-0.39, 0.29) is 23.8 Å². The second kappa shape index (κ2) is 5.81. The van der Waals surface area contributed by atoms with Crippen LogP contribution < -0.4 is 4.90 Å². The largest absolute Gasteiger partial charge is 0.309 e. The molecule has 1 aromatic carbocycles. The maximum atomic E-state index is 14.1. The number of benzene rings is 1. The first-order valence-corrected chi connectivity index (χ1v) is 9.09. The fraction of sp³-hybridized carbons (Fsp3) is 0.462. The van der Waals surface area contributed by atoms with E-state index < -0.39 is 15.7 Å². The molecule has 1 heterocycles. The summed E-state index contributed by atoms with van der Waals surface area (Å²) >= 11 is 3.23. The van der Waals surface area contributed by atoms with Crippen molar-refractivity contribution >= 4 is 37.4 Å². The summed E-state index contributed by atoms with van der Waals surface area (Å²) in [6.07, 6.45) is 2.42. The van der Waals surface area contributed by atoms with Crippen molar-refractivity contribution < 1.29 is 17.6 Å². The number of hydrogen-bond acceptors (Lipinski definition) is 3. The maximum Gasteiger partial charge on any atom is 0.228 e. The number of carbonyl (C=O) groups excluding carboxylic acids is 1. The van der Waals surface area contributed by atoms with Gasteiger partial charge in [0.05, 0.1) is 11.4 Å². The number of anilines is 1. The van der Waals surface area contributed by atoms with Gasteiger partial charge in [-0.15, -0.1) is 0 Å². The molecule has 0 saturated carbocycles. The van der Waals surface area contributed by atoms with Gasteiger partial charge in [-0.05, 0) is 30.5 Å². The Balaban J connectivity index is 2.26. The lowest BCUT2D eigenvalue weighted by atomic mass is 10.0. The predicted octanol–water partition coefficient (Wildman–Crippen LogP) is 2.30. The van der Waals surface area contributed by atoms with Gasteiger partial charge in [-0.25, -0.2) is 12.8 Å². The molecule has 0 N–H and O–H groups in total. The highest BCUT2D eigenvalue weighted by Gasteiger charge is 2.26. The Morgan fingerprint density at radius 2 is 2.15 bits per heavy atom. The predicted molar refractivity (Wildman–Crippen MR) is 79.1 cm³/mol. The summed E-state index contributed by atoms with van der Waals surface area (Å²) < 4.78 is 37.0. The highest BCUT2D eigenvalue weighted by atomic mass is 79.9. The lowest BCUT2D eigenvalue weighted by Gasteiger charge is -2.30. The van der Waals surface area contributed by atoms with Crippen LogP contribution in [0.2, 0.25) is 0 Å². The maximum absolute atomic E-state index is 14.1.